The van der Waals surface area contributed by atoms with Crippen molar-refractivity contribution in [1.29, 1.82) is 0 Å². The molecule has 0 atom stereocenters. The van der Waals surface area contributed by atoms with Crippen LogP contribution in [0, 0.1) is 0 Å². The van der Waals surface area contributed by atoms with Crippen LogP contribution in [0.2, 0.25) is 5.02 Å². The lowest BCUT2D eigenvalue weighted by Crippen LogP contribution is -2.45. The predicted molar refractivity (Wildman–Crippen MR) is 68.1 cm³/mol. The summed E-state index contributed by atoms with van der Waals surface area (Å²) < 4.78 is 0. The van der Waals surface area contributed by atoms with Crippen molar-refractivity contribution in [3.05, 3.63) is 34.9 Å². The number of hydrogen-bond acceptors (Lipinski definition) is 1. The Labute approximate surface area is 106 Å². The molecule has 0 saturated carbocycles. The van der Waals surface area contributed by atoms with Crippen molar-refractivity contribution in [2.75, 3.05) is 5.88 Å². The summed E-state index contributed by atoms with van der Waals surface area (Å²) in [5.41, 5.74) is 0.437. The first-order valence-electron chi connectivity index (χ1n) is 5.05. The van der Waals surface area contributed by atoms with Crippen molar-refractivity contribution in [3.8, 4) is 0 Å². The molecule has 0 saturated heterocycles. The summed E-state index contributed by atoms with van der Waals surface area (Å²) in [6, 6.07) is 7.32. The van der Waals surface area contributed by atoms with Crippen LogP contribution in [-0.2, 0) is 11.2 Å². The maximum absolute atomic E-state index is 11.7. The number of alkyl halides is 1. The summed E-state index contributed by atoms with van der Waals surface area (Å²) in [7, 11) is 0. The van der Waals surface area contributed by atoms with Gasteiger partial charge in [0.05, 0.1) is 6.42 Å². The second-order valence-corrected chi connectivity index (χ2v) is 5.01. The maximum Gasteiger partial charge on any atom is 0.224 e. The maximum atomic E-state index is 11.7. The number of rotatable bonds is 4. The minimum atomic E-state index is -0.389. The Morgan fingerprint density at radius 3 is 2.56 bits per heavy atom. The van der Waals surface area contributed by atoms with Crippen LogP contribution < -0.4 is 5.32 Å². The van der Waals surface area contributed by atoms with Crippen LogP contribution in [0.1, 0.15) is 19.4 Å². The molecule has 1 aromatic carbocycles. The van der Waals surface area contributed by atoms with E-state index >= 15 is 0 Å². The summed E-state index contributed by atoms with van der Waals surface area (Å²) in [4.78, 5) is 11.7. The second-order valence-electron chi connectivity index (χ2n) is 4.33. The lowest BCUT2D eigenvalue weighted by molar-refractivity contribution is -0.121. The summed E-state index contributed by atoms with van der Waals surface area (Å²) in [6.07, 6.45) is 0.278. The first-order valence-corrected chi connectivity index (χ1v) is 5.96. The first kappa shape index (κ1) is 13.3. The third kappa shape index (κ3) is 4.03. The molecule has 0 aromatic heterocycles. The topological polar surface area (TPSA) is 29.1 Å². The van der Waals surface area contributed by atoms with E-state index in [0.717, 1.165) is 5.56 Å². The van der Waals surface area contributed by atoms with Crippen molar-refractivity contribution in [3.63, 3.8) is 0 Å². The van der Waals surface area contributed by atoms with Gasteiger partial charge < -0.3 is 5.32 Å². The molecule has 1 rings (SSSR count). The molecule has 0 fully saturated rings. The van der Waals surface area contributed by atoms with Gasteiger partial charge in [0.15, 0.2) is 0 Å². The summed E-state index contributed by atoms with van der Waals surface area (Å²) in [6.45, 7) is 3.76. The van der Waals surface area contributed by atoms with Gasteiger partial charge in [0.1, 0.15) is 0 Å². The van der Waals surface area contributed by atoms with Crippen molar-refractivity contribution in [2.45, 2.75) is 25.8 Å². The number of halogens is 2. The highest BCUT2D eigenvalue weighted by molar-refractivity contribution is 6.31. The summed E-state index contributed by atoms with van der Waals surface area (Å²) in [5, 5.41) is 3.46. The van der Waals surface area contributed by atoms with Gasteiger partial charge in [0.2, 0.25) is 5.91 Å². The van der Waals surface area contributed by atoms with Crippen LogP contribution in [0.15, 0.2) is 24.3 Å². The van der Waals surface area contributed by atoms with Gasteiger partial charge >= 0.3 is 0 Å². The first-order chi connectivity index (χ1) is 7.44. The zero-order valence-electron chi connectivity index (χ0n) is 9.39. The van der Waals surface area contributed by atoms with Crippen LogP contribution in [0.25, 0.3) is 0 Å². The van der Waals surface area contributed by atoms with Gasteiger partial charge in [-0.2, -0.15) is 0 Å². The van der Waals surface area contributed by atoms with Gasteiger partial charge in [-0.25, -0.2) is 0 Å². The number of benzene rings is 1. The van der Waals surface area contributed by atoms with E-state index in [2.05, 4.69) is 5.32 Å². The molecule has 2 nitrogen and oxygen atoms in total. The average molecular weight is 260 g/mol. The molecule has 0 aliphatic rings. The quantitative estimate of drug-likeness (QED) is 0.828. The van der Waals surface area contributed by atoms with E-state index < -0.39 is 0 Å². The van der Waals surface area contributed by atoms with Gasteiger partial charge in [-0.1, -0.05) is 29.8 Å². The molecule has 1 aromatic rings. The van der Waals surface area contributed by atoms with E-state index in [9.17, 15) is 4.79 Å². The fraction of sp³-hybridized carbons (Fsp3) is 0.417. The minimum Gasteiger partial charge on any atom is -0.350 e. The molecule has 0 radical (unpaired) electrons. The molecular formula is C12H15Cl2NO. The van der Waals surface area contributed by atoms with Gasteiger partial charge in [0, 0.05) is 16.4 Å². The molecule has 88 valence electrons. The molecule has 0 aliphatic carbocycles. The highest BCUT2D eigenvalue weighted by atomic mass is 35.5. The molecule has 4 heteroatoms. The van der Waals surface area contributed by atoms with E-state index in [1.807, 2.05) is 32.0 Å². The van der Waals surface area contributed by atoms with E-state index in [1.165, 1.54) is 0 Å². The average Bonchev–Trinajstić information content (AvgIpc) is 2.21. The van der Waals surface area contributed by atoms with Gasteiger partial charge in [-0.3, -0.25) is 4.79 Å². The van der Waals surface area contributed by atoms with Crippen molar-refractivity contribution in [1.82, 2.24) is 5.32 Å². The number of carbonyl (C=O) groups is 1. The molecule has 0 aliphatic heterocycles. The lowest BCUT2D eigenvalue weighted by Gasteiger charge is -2.23. The monoisotopic (exact) mass is 259 g/mol. The Kier molecular flexibility index (Phi) is 4.63. The Bertz CT molecular complexity index is 377. The standard InChI is InChI=1S/C12H15Cl2NO/c1-12(2,8-13)15-11(16)7-9-5-3-4-6-10(9)14/h3-6H,7-8H2,1-2H3,(H,15,16). The number of amides is 1. The summed E-state index contributed by atoms with van der Waals surface area (Å²) >= 11 is 11.7. The molecular weight excluding hydrogens is 245 g/mol. The van der Waals surface area contributed by atoms with Crippen LogP contribution in [0.5, 0.6) is 0 Å². The zero-order valence-corrected chi connectivity index (χ0v) is 10.9. The van der Waals surface area contributed by atoms with Gasteiger partial charge in [-0.05, 0) is 25.5 Å². The van der Waals surface area contributed by atoms with Crippen LogP contribution in [0.3, 0.4) is 0 Å². The van der Waals surface area contributed by atoms with Crippen molar-refractivity contribution >= 4 is 29.1 Å². The van der Waals surface area contributed by atoms with E-state index in [-0.39, 0.29) is 17.9 Å². The van der Waals surface area contributed by atoms with Gasteiger partial charge in [0.25, 0.3) is 0 Å². The van der Waals surface area contributed by atoms with Crippen molar-refractivity contribution < 1.29 is 4.79 Å². The van der Waals surface area contributed by atoms with E-state index in [1.54, 1.807) is 6.07 Å². The van der Waals surface area contributed by atoms with Crippen LogP contribution >= 0.6 is 23.2 Å². The zero-order chi connectivity index (χ0) is 12.2. The van der Waals surface area contributed by atoms with Crippen molar-refractivity contribution in [2.24, 2.45) is 0 Å². The largest absolute Gasteiger partial charge is 0.350 e. The van der Waals surface area contributed by atoms with Crippen LogP contribution in [0.4, 0.5) is 0 Å². The van der Waals surface area contributed by atoms with Gasteiger partial charge in [-0.15, -0.1) is 11.6 Å². The lowest BCUT2D eigenvalue weighted by atomic mass is 10.1. The third-order valence-corrected chi connectivity index (χ3v) is 3.16. The van der Waals surface area contributed by atoms with E-state index in [0.29, 0.717) is 10.9 Å². The smallest absolute Gasteiger partial charge is 0.224 e. The second kappa shape index (κ2) is 5.55. The molecule has 1 amide bonds. The van der Waals surface area contributed by atoms with E-state index in [4.69, 9.17) is 23.2 Å². The normalized spacial score (nSPS) is 11.2. The highest BCUT2D eigenvalue weighted by Crippen LogP contribution is 2.15. The third-order valence-electron chi connectivity index (χ3n) is 2.12. The molecule has 0 heterocycles. The van der Waals surface area contributed by atoms with Crippen LogP contribution in [-0.4, -0.2) is 17.3 Å². The predicted octanol–water partition coefficient (Wildman–Crippen LogP) is 3.02. The molecule has 0 spiro atoms. The summed E-state index contributed by atoms with van der Waals surface area (Å²) in [5.74, 6) is 0.306. The SMILES string of the molecule is CC(C)(CCl)NC(=O)Cc1ccccc1Cl. The molecule has 1 N–H and O–H groups in total. The molecule has 0 unspecified atom stereocenters. The Morgan fingerprint density at radius 1 is 1.38 bits per heavy atom. The molecule has 16 heavy (non-hydrogen) atoms. The molecule has 0 bridgehead atoms. The minimum absolute atomic E-state index is 0.0706. The fourth-order valence-corrected chi connectivity index (χ4v) is 1.54. The Morgan fingerprint density at radius 2 is 2.00 bits per heavy atom. The fourth-order valence-electron chi connectivity index (χ4n) is 1.27. The number of nitrogens with one attached hydrogen (secondary N) is 1. The number of carbonyl (C=O) groups excluding carboxylic acids is 1. The highest BCUT2D eigenvalue weighted by Gasteiger charge is 2.19. The number of hydrogen-bond donors (Lipinski definition) is 1. The Hall–Kier alpha value is -0.730. The Balaban J connectivity index is 2.62.